The number of carboxylic acid groups (broad SMARTS) is 2. The average molecular weight is 395 g/mol. The molecule has 0 saturated carbocycles. The van der Waals surface area contributed by atoms with Crippen molar-refractivity contribution in [3.8, 4) is 0 Å². The molecule has 0 rings (SSSR count). The van der Waals surface area contributed by atoms with Crippen LogP contribution >= 0.6 is 23.2 Å². The Labute approximate surface area is 144 Å². The zero-order valence-electron chi connectivity index (χ0n) is 11.3. The fourth-order valence-electron chi connectivity index (χ4n) is 1.16. The van der Waals surface area contributed by atoms with Crippen LogP contribution in [0.3, 0.4) is 0 Å². The van der Waals surface area contributed by atoms with E-state index in [0.29, 0.717) is 0 Å². The second-order valence-corrected chi connectivity index (χ2v) is 4.26. The molecule has 0 aliphatic heterocycles. The minimum absolute atomic E-state index is 0.0256. The normalized spacial score (nSPS) is 12.1. The predicted octanol–water partition coefficient (Wildman–Crippen LogP) is -1.56. The van der Waals surface area contributed by atoms with Gasteiger partial charge in [0.15, 0.2) is 0 Å². The summed E-state index contributed by atoms with van der Waals surface area (Å²) in [6.45, 7) is -0.567. The van der Waals surface area contributed by atoms with Crippen LogP contribution < -0.4 is 16.4 Å². The summed E-state index contributed by atoms with van der Waals surface area (Å²) in [5.74, 6) is -3.70. The van der Waals surface area contributed by atoms with E-state index in [4.69, 9.17) is 15.9 Å². The van der Waals surface area contributed by atoms with Gasteiger partial charge in [-0.3, -0.25) is 19.2 Å². The van der Waals surface area contributed by atoms with Crippen LogP contribution in [-0.2, 0) is 33.6 Å². The molecular formula is C10H17FeN3O6S2. The van der Waals surface area contributed by atoms with Gasteiger partial charge in [0.2, 0.25) is 11.8 Å². The Hall–Kier alpha value is -1.07. The van der Waals surface area contributed by atoms with Crippen molar-refractivity contribution in [3.05, 3.63) is 0 Å². The van der Waals surface area contributed by atoms with Crippen molar-refractivity contribution >= 4 is 46.9 Å². The SMILES string of the molecule is N[C@@H](CCC(=O)N[C@@H](CS)C(=O)NCC(=O)O)C(=O)O.[S]=[Fe]. The monoisotopic (exact) mass is 395 g/mol. The van der Waals surface area contributed by atoms with E-state index in [1.807, 2.05) is 0 Å². The van der Waals surface area contributed by atoms with E-state index in [1.54, 1.807) is 0 Å². The maximum absolute atomic E-state index is 11.5. The number of nitrogens with two attached hydrogens (primary N) is 1. The Kier molecular flexibility index (Phi) is 14.3. The molecule has 2 amide bonds. The molecule has 12 heteroatoms. The molecule has 0 spiro atoms. The first-order valence-electron chi connectivity index (χ1n) is 5.80. The van der Waals surface area contributed by atoms with Crippen LogP contribution in [-0.4, -0.2) is 58.3 Å². The Morgan fingerprint density at radius 1 is 1.23 bits per heavy atom. The molecule has 0 radical (unpaired) electrons. The number of carbonyl (C=O) groups is 4. The van der Waals surface area contributed by atoms with Gasteiger partial charge in [-0.2, -0.15) is 12.6 Å². The van der Waals surface area contributed by atoms with Gasteiger partial charge in [-0.1, -0.05) is 0 Å². The molecule has 0 saturated heterocycles. The number of amides is 2. The standard InChI is InChI=1S/C10H17N3O6S.Fe.S/c11-5(10(18)19)1-2-7(14)13-6(4-20)9(17)12-3-8(15)16;;/h5-6,20H,1-4,11H2,(H,12,17)(H,13,14)(H,15,16)(H,18,19);;/t5-,6-;;/m0../s1. The van der Waals surface area contributed by atoms with Gasteiger partial charge in [0.05, 0.1) is 0 Å². The number of thiol groups is 1. The van der Waals surface area contributed by atoms with Crippen molar-refractivity contribution in [1.82, 2.24) is 10.6 Å². The average Bonchev–Trinajstić information content (AvgIpc) is 2.49. The number of rotatable bonds is 9. The Morgan fingerprint density at radius 3 is 2.18 bits per heavy atom. The summed E-state index contributed by atoms with van der Waals surface area (Å²) in [4.78, 5) is 43.7. The van der Waals surface area contributed by atoms with E-state index in [1.165, 1.54) is 0 Å². The zero-order chi connectivity index (χ0) is 17.7. The second-order valence-electron chi connectivity index (χ2n) is 3.90. The summed E-state index contributed by atoms with van der Waals surface area (Å²) < 4.78 is 0. The van der Waals surface area contributed by atoms with E-state index in [-0.39, 0.29) is 18.6 Å². The van der Waals surface area contributed by atoms with Crippen LogP contribution in [0.15, 0.2) is 0 Å². The van der Waals surface area contributed by atoms with Crippen molar-refractivity contribution in [1.29, 1.82) is 0 Å². The maximum atomic E-state index is 11.5. The van der Waals surface area contributed by atoms with Gasteiger partial charge in [-0.15, -0.1) is 0 Å². The fraction of sp³-hybridized carbons (Fsp3) is 0.600. The summed E-state index contributed by atoms with van der Waals surface area (Å²) in [5.41, 5.74) is 5.23. The molecule has 0 bridgehead atoms. The van der Waals surface area contributed by atoms with Crippen LogP contribution in [0.1, 0.15) is 12.8 Å². The molecule has 0 heterocycles. The van der Waals surface area contributed by atoms with Crippen LogP contribution in [0.5, 0.6) is 0 Å². The van der Waals surface area contributed by atoms with E-state index in [9.17, 15) is 19.2 Å². The van der Waals surface area contributed by atoms with Gasteiger partial charge < -0.3 is 26.6 Å². The molecule has 22 heavy (non-hydrogen) atoms. The van der Waals surface area contributed by atoms with Crippen LogP contribution in [0.4, 0.5) is 0 Å². The summed E-state index contributed by atoms with van der Waals surface area (Å²) in [7, 11) is 3.83. The number of carboxylic acids is 2. The molecule has 0 aliphatic rings. The van der Waals surface area contributed by atoms with Crippen molar-refractivity contribution < 1.29 is 43.8 Å². The van der Waals surface area contributed by atoms with Gasteiger partial charge in [-0.25, -0.2) is 0 Å². The van der Waals surface area contributed by atoms with Gasteiger partial charge in [-0.05, 0) is 6.42 Å². The molecule has 0 fully saturated rings. The number of carbonyl (C=O) groups excluding carboxylic acids is 2. The van der Waals surface area contributed by atoms with Crippen LogP contribution in [0, 0.1) is 0 Å². The summed E-state index contributed by atoms with van der Waals surface area (Å²) >= 11 is 6.71. The molecule has 0 unspecified atom stereocenters. The quantitative estimate of drug-likeness (QED) is 0.202. The van der Waals surface area contributed by atoms with Crippen molar-refractivity contribution in [2.75, 3.05) is 12.3 Å². The van der Waals surface area contributed by atoms with E-state index < -0.39 is 42.4 Å². The number of hydrogen-bond acceptors (Lipinski definition) is 7. The molecular weight excluding hydrogens is 378 g/mol. The molecule has 0 aromatic heterocycles. The summed E-state index contributed by atoms with van der Waals surface area (Å²) in [6, 6.07) is -2.15. The summed E-state index contributed by atoms with van der Waals surface area (Å²) in [6.07, 6.45) is -0.235. The second kappa shape index (κ2) is 13.6. The minimum atomic E-state index is -1.22. The molecule has 0 aromatic rings. The van der Waals surface area contributed by atoms with E-state index in [0.717, 1.165) is 0 Å². The molecule has 2 atom stereocenters. The van der Waals surface area contributed by atoms with Crippen molar-refractivity contribution in [3.63, 3.8) is 0 Å². The van der Waals surface area contributed by atoms with Gasteiger partial charge in [0.1, 0.15) is 18.6 Å². The first kappa shape index (κ1) is 23.2. The Morgan fingerprint density at radius 2 is 1.77 bits per heavy atom. The van der Waals surface area contributed by atoms with Crippen molar-refractivity contribution in [2.24, 2.45) is 5.73 Å². The zero-order valence-corrected chi connectivity index (χ0v) is 14.1. The van der Waals surface area contributed by atoms with Gasteiger partial charge >= 0.3 is 36.9 Å². The predicted molar refractivity (Wildman–Crippen MR) is 78.9 cm³/mol. The molecule has 6 N–H and O–H groups in total. The Balaban J connectivity index is 0. The number of hydrogen-bond donors (Lipinski definition) is 6. The van der Waals surface area contributed by atoms with Crippen LogP contribution in [0.25, 0.3) is 0 Å². The fourth-order valence-corrected chi connectivity index (χ4v) is 1.41. The third-order valence-corrected chi connectivity index (χ3v) is 2.61. The van der Waals surface area contributed by atoms with Gasteiger partial charge in [0, 0.05) is 12.2 Å². The summed E-state index contributed by atoms with van der Waals surface area (Å²) in [5, 5.41) is 21.4. The topological polar surface area (TPSA) is 159 Å². The first-order chi connectivity index (χ1) is 10.3. The third kappa shape index (κ3) is 11.6. The Bertz CT molecular complexity index is 412. The molecule has 0 aliphatic carbocycles. The molecule has 0 aromatic carbocycles. The van der Waals surface area contributed by atoms with Crippen molar-refractivity contribution in [2.45, 2.75) is 24.9 Å². The van der Waals surface area contributed by atoms with E-state index in [2.05, 4.69) is 48.2 Å². The van der Waals surface area contributed by atoms with E-state index >= 15 is 0 Å². The number of aliphatic carboxylic acids is 2. The molecule has 128 valence electrons. The number of nitrogens with one attached hydrogen (secondary N) is 2. The van der Waals surface area contributed by atoms with Crippen LogP contribution in [0.2, 0.25) is 0 Å². The van der Waals surface area contributed by atoms with Gasteiger partial charge in [0.25, 0.3) is 0 Å². The molecule has 9 nitrogen and oxygen atoms in total. The first-order valence-corrected chi connectivity index (χ1v) is 8.07. The third-order valence-electron chi connectivity index (χ3n) is 2.25.